The zero-order valence-corrected chi connectivity index (χ0v) is 9.03. The maximum absolute atomic E-state index is 5.43. The molecular weight excluding hydrogens is 180 g/mol. The Kier molecular flexibility index (Phi) is 4.03. The van der Waals surface area contributed by atoms with Gasteiger partial charge in [-0.15, -0.1) is 0 Å². The van der Waals surface area contributed by atoms with Crippen molar-refractivity contribution in [1.82, 2.24) is 15.0 Å². The fourth-order valence-electron chi connectivity index (χ4n) is 1.11. The predicted octanol–water partition coefficient (Wildman–Crippen LogP) is 0.584. The molecule has 1 aromatic rings. The summed E-state index contributed by atoms with van der Waals surface area (Å²) in [5.74, 6) is 1.71. The topological polar surface area (TPSA) is 68.2 Å². The van der Waals surface area contributed by atoms with Crippen LogP contribution < -0.4 is 5.73 Å². The second-order valence-electron chi connectivity index (χ2n) is 3.73. The van der Waals surface area contributed by atoms with Crippen LogP contribution in [0.25, 0.3) is 0 Å². The Labute approximate surface area is 84.3 Å². The Hall–Kier alpha value is -0.940. The highest BCUT2D eigenvalue weighted by molar-refractivity contribution is 4.90. The van der Waals surface area contributed by atoms with Gasteiger partial charge in [-0.05, 0) is 7.05 Å². The lowest BCUT2D eigenvalue weighted by Gasteiger charge is -2.11. The van der Waals surface area contributed by atoms with Gasteiger partial charge >= 0.3 is 0 Å². The molecule has 0 bridgehead atoms. The van der Waals surface area contributed by atoms with E-state index in [1.807, 2.05) is 20.9 Å². The molecular formula is C9H18N4O. The molecule has 0 amide bonds. The summed E-state index contributed by atoms with van der Waals surface area (Å²) in [6.45, 7) is 6.23. The maximum atomic E-state index is 5.43. The third-order valence-corrected chi connectivity index (χ3v) is 1.90. The Morgan fingerprint density at radius 3 is 2.71 bits per heavy atom. The van der Waals surface area contributed by atoms with Crippen LogP contribution >= 0.6 is 0 Å². The average Bonchev–Trinajstić information content (AvgIpc) is 2.53. The molecule has 1 heterocycles. The third kappa shape index (κ3) is 3.08. The van der Waals surface area contributed by atoms with Crippen molar-refractivity contribution in [2.75, 3.05) is 20.1 Å². The van der Waals surface area contributed by atoms with Crippen LogP contribution in [0.4, 0.5) is 0 Å². The standard InChI is InChI=1S/C9H18N4O/c1-7(2)9-11-8(12-14-9)6-13(3)5-4-10/h7H,4-6,10H2,1-3H3. The molecule has 0 atom stereocenters. The quantitative estimate of drug-likeness (QED) is 0.749. The van der Waals surface area contributed by atoms with Crippen LogP contribution in [0.2, 0.25) is 0 Å². The van der Waals surface area contributed by atoms with Crippen LogP contribution in [0.1, 0.15) is 31.5 Å². The molecule has 0 fully saturated rings. The van der Waals surface area contributed by atoms with Crippen LogP contribution in [0.15, 0.2) is 4.52 Å². The van der Waals surface area contributed by atoms with E-state index in [2.05, 4.69) is 15.0 Å². The van der Waals surface area contributed by atoms with E-state index in [0.717, 1.165) is 12.4 Å². The van der Waals surface area contributed by atoms with Gasteiger partial charge in [-0.25, -0.2) is 0 Å². The average molecular weight is 198 g/mol. The summed E-state index contributed by atoms with van der Waals surface area (Å²) in [4.78, 5) is 6.34. The summed E-state index contributed by atoms with van der Waals surface area (Å²) in [7, 11) is 1.98. The lowest BCUT2D eigenvalue weighted by atomic mass is 10.2. The zero-order chi connectivity index (χ0) is 10.6. The minimum atomic E-state index is 0.288. The number of hydrogen-bond donors (Lipinski definition) is 1. The van der Waals surface area contributed by atoms with Crippen molar-refractivity contribution in [1.29, 1.82) is 0 Å². The van der Waals surface area contributed by atoms with Crippen LogP contribution in [-0.4, -0.2) is 35.2 Å². The van der Waals surface area contributed by atoms with E-state index in [9.17, 15) is 0 Å². The molecule has 5 heteroatoms. The molecule has 0 spiro atoms. The van der Waals surface area contributed by atoms with Crippen LogP contribution in [-0.2, 0) is 6.54 Å². The second-order valence-corrected chi connectivity index (χ2v) is 3.73. The molecule has 0 aliphatic carbocycles. The highest BCUT2D eigenvalue weighted by atomic mass is 16.5. The molecule has 5 nitrogen and oxygen atoms in total. The van der Waals surface area contributed by atoms with Gasteiger partial charge in [0, 0.05) is 19.0 Å². The highest BCUT2D eigenvalue weighted by Crippen LogP contribution is 2.11. The number of hydrogen-bond acceptors (Lipinski definition) is 5. The summed E-state index contributed by atoms with van der Waals surface area (Å²) in [6, 6.07) is 0. The molecule has 0 aliphatic heterocycles. The van der Waals surface area contributed by atoms with Crippen LogP contribution in [0, 0.1) is 0 Å². The lowest BCUT2D eigenvalue weighted by Crippen LogP contribution is -2.25. The van der Waals surface area contributed by atoms with E-state index in [4.69, 9.17) is 10.3 Å². The van der Waals surface area contributed by atoms with Crippen LogP contribution in [0.5, 0.6) is 0 Å². The normalized spacial score (nSPS) is 11.6. The van der Waals surface area contributed by atoms with Crippen molar-refractivity contribution >= 4 is 0 Å². The first-order valence-electron chi connectivity index (χ1n) is 4.84. The van der Waals surface area contributed by atoms with Crippen molar-refractivity contribution in [3.8, 4) is 0 Å². The van der Waals surface area contributed by atoms with Crippen molar-refractivity contribution in [2.45, 2.75) is 26.3 Å². The van der Waals surface area contributed by atoms with E-state index < -0.39 is 0 Å². The number of nitrogens with two attached hydrogens (primary N) is 1. The minimum Gasteiger partial charge on any atom is -0.339 e. The Bertz CT molecular complexity index is 272. The maximum Gasteiger partial charge on any atom is 0.229 e. The van der Waals surface area contributed by atoms with Gasteiger partial charge in [0.15, 0.2) is 5.82 Å². The van der Waals surface area contributed by atoms with E-state index in [0.29, 0.717) is 19.0 Å². The Balaban J connectivity index is 2.51. The Morgan fingerprint density at radius 2 is 2.21 bits per heavy atom. The van der Waals surface area contributed by atoms with E-state index in [-0.39, 0.29) is 5.92 Å². The van der Waals surface area contributed by atoms with Gasteiger partial charge in [0.25, 0.3) is 0 Å². The molecule has 0 radical (unpaired) electrons. The van der Waals surface area contributed by atoms with Gasteiger partial charge in [0.05, 0.1) is 6.54 Å². The smallest absolute Gasteiger partial charge is 0.229 e. The van der Waals surface area contributed by atoms with Gasteiger partial charge in [-0.2, -0.15) is 4.98 Å². The largest absolute Gasteiger partial charge is 0.339 e. The van der Waals surface area contributed by atoms with Crippen molar-refractivity contribution in [3.05, 3.63) is 11.7 Å². The zero-order valence-electron chi connectivity index (χ0n) is 9.03. The summed E-state index contributed by atoms with van der Waals surface area (Å²) >= 11 is 0. The van der Waals surface area contributed by atoms with Gasteiger partial charge in [-0.1, -0.05) is 19.0 Å². The Morgan fingerprint density at radius 1 is 1.50 bits per heavy atom. The number of likely N-dealkylation sites (N-methyl/N-ethyl adjacent to an activating group) is 1. The monoisotopic (exact) mass is 198 g/mol. The van der Waals surface area contributed by atoms with Gasteiger partial charge in [-0.3, -0.25) is 4.90 Å². The fourth-order valence-corrected chi connectivity index (χ4v) is 1.11. The highest BCUT2D eigenvalue weighted by Gasteiger charge is 2.10. The molecule has 0 saturated carbocycles. The van der Waals surface area contributed by atoms with Gasteiger partial charge < -0.3 is 10.3 Å². The first-order valence-corrected chi connectivity index (χ1v) is 4.84. The van der Waals surface area contributed by atoms with E-state index in [1.165, 1.54) is 0 Å². The summed E-state index contributed by atoms with van der Waals surface area (Å²) in [5.41, 5.74) is 5.43. The molecule has 1 rings (SSSR count). The molecule has 2 N–H and O–H groups in total. The minimum absolute atomic E-state index is 0.288. The van der Waals surface area contributed by atoms with Crippen molar-refractivity contribution in [3.63, 3.8) is 0 Å². The van der Waals surface area contributed by atoms with E-state index >= 15 is 0 Å². The molecule has 0 aliphatic rings. The lowest BCUT2D eigenvalue weighted by molar-refractivity contribution is 0.312. The molecule has 1 aromatic heterocycles. The molecule has 14 heavy (non-hydrogen) atoms. The first-order chi connectivity index (χ1) is 6.63. The van der Waals surface area contributed by atoms with Crippen molar-refractivity contribution < 1.29 is 4.52 Å². The molecule has 0 saturated heterocycles. The predicted molar refractivity (Wildman–Crippen MR) is 53.8 cm³/mol. The SMILES string of the molecule is CC(C)c1nc(CN(C)CCN)no1. The summed E-state index contributed by atoms with van der Waals surface area (Å²) < 4.78 is 5.09. The fraction of sp³-hybridized carbons (Fsp3) is 0.778. The third-order valence-electron chi connectivity index (χ3n) is 1.90. The van der Waals surface area contributed by atoms with Gasteiger partial charge in [0.1, 0.15) is 0 Å². The summed E-state index contributed by atoms with van der Waals surface area (Å²) in [5, 5.41) is 3.89. The molecule has 0 unspecified atom stereocenters. The number of nitrogens with zero attached hydrogens (tertiary/aromatic N) is 3. The number of rotatable bonds is 5. The van der Waals surface area contributed by atoms with E-state index in [1.54, 1.807) is 0 Å². The summed E-state index contributed by atoms with van der Waals surface area (Å²) in [6.07, 6.45) is 0. The second kappa shape index (κ2) is 5.07. The number of aromatic nitrogens is 2. The van der Waals surface area contributed by atoms with Gasteiger partial charge in [0.2, 0.25) is 5.89 Å². The first kappa shape index (κ1) is 11.1. The van der Waals surface area contributed by atoms with Crippen LogP contribution in [0.3, 0.4) is 0 Å². The molecule has 80 valence electrons. The van der Waals surface area contributed by atoms with Crippen molar-refractivity contribution in [2.24, 2.45) is 5.73 Å². The molecule has 0 aromatic carbocycles.